The van der Waals surface area contributed by atoms with Gasteiger partial charge in [-0.05, 0) is 63.2 Å². The first kappa shape index (κ1) is 19.2. The Morgan fingerprint density at radius 3 is 2.50 bits per heavy atom. The van der Waals surface area contributed by atoms with Gasteiger partial charge in [0.05, 0.1) is 7.11 Å². The molecule has 3 nitrogen and oxygen atoms in total. The quantitative estimate of drug-likeness (QED) is 0.519. The van der Waals surface area contributed by atoms with Crippen LogP contribution in [0.5, 0.6) is 0 Å². The van der Waals surface area contributed by atoms with Crippen molar-refractivity contribution >= 4 is 11.8 Å². The zero-order chi connectivity index (χ0) is 18.1. The van der Waals surface area contributed by atoms with E-state index in [1.54, 1.807) is 5.57 Å². The van der Waals surface area contributed by atoms with Gasteiger partial charge in [0, 0.05) is 18.3 Å². The highest BCUT2D eigenvalue weighted by atomic mass is 16.5. The molecule has 0 unspecified atom stereocenters. The molecule has 3 atom stereocenters. The van der Waals surface area contributed by atoms with E-state index in [0.717, 1.165) is 32.1 Å². The number of methoxy groups -OCH3 is 1. The molecule has 0 spiro atoms. The number of carbonyl (C=O) groups is 2. The predicted octanol–water partition coefficient (Wildman–Crippen LogP) is 5.09. The van der Waals surface area contributed by atoms with E-state index >= 15 is 0 Å². The highest BCUT2D eigenvalue weighted by Crippen LogP contribution is 2.56. The fraction of sp³-hybridized carbons (Fsp3) is 0.810. The van der Waals surface area contributed by atoms with Gasteiger partial charge in [-0.15, -0.1) is 0 Å². The molecule has 0 aromatic rings. The third-order valence-corrected chi connectivity index (χ3v) is 6.92. The molecular formula is C21H34O3. The molecule has 0 bridgehead atoms. The fourth-order valence-electron chi connectivity index (χ4n) is 4.73. The molecule has 2 rings (SSSR count). The van der Waals surface area contributed by atoms with E-state index in [2.05, 4.69) is 34.6 Å². The predicted molar refractivity (Wildman–Crippen MR) is 96.6 cm³/mol. The van der Waals surface area contributed by atoms with Crippen LogP contribution in [-0.4, -0.2) is 18.9 Å². The molecular weight excluding hydrogens is 300 g/mol. The number of hydrogen-bond donors (Lipinski definition) is 0. The van der Waals surface area contributed by atoms with E-state index < -0.39 is 0 Å². The van der Waals surface area contributed by atoms with E-state index in [4.69, 9.17) is 4.74 Å². The van der Waals surface area contributed by atoms with Crippen molar-refractivity contribution in [3.8, 4) is 0 Å². The van der Waals surface area contributed by atoms with Crippen LogP contribution in [0.3, 0.4) is 0 Å². The van der Waals surface area contributed by atoms with E-state index in [-0.39, 0.29) is 16.8 Å². The minimum absolute atomic E-state index is 0.117. The maximum absolute atomic E-state index is 12.4. The second kappa shape index (κ2) is 7.01. The summed E-state index contributed by atoms with van der Waals surface area (Å²) in [4.78, 5) is 23.9. The van der Waals surface area contributed by atoms with Gasteiger partial charge in [-0.1, -0.05) is 31.9 Å². The Morgan fingerprint density at radius 2 is 1.88 bits per heavy atom. The van der Waals surface area contributed by atoms with Crippen molar-refractivity contribution in [3.05, 3.63) is 11.1 Å². The summed E-state index contributed by atoms with van der Waals surface area (Å²) in [7, 11) is 1.46. The Kier molecular flexibility index (Phi) is 5.61. The van der Waals surface area contributed by atoms with Crippen LogP contribution in [0.2, 0.25) is 0 Å². The number of ether oxygens (including phenoxy) is 1. The molecule has 3 heteroatoms. The van der Waals surface area contributed by atoms with Crippen molar-refractivity contribution in [2.75, 3.05) is 7.11 Å². The molecule has 0 amide bonds. The smallest absolute Gasteiger partial charge is 0.305 e. The van der Waals surface area contributed by atoms with Crippen molar-refractivity contribution in [2.24, 2.45) is 22.7 Å². The molecule has 0 saturated carbocycles. The highest BCUT2D eigenvalue weighted by Gasteiger charge is 2.47. The van der Waals surface area contributed by atoms with Gasteiger partial charge in [0.1, 0.15) is 5.78 Å². The summed E-state index contributed by atoms with van der Waals surface area (Å²) < 4.78 is 4.80. The molecule has 136 valence electrons. The van der Waals surface area contributed by atoms with Crippen LogP contribution in [0, 0.1) is 22.7 Å². The van der Waals surface area contributed by atoms with Gasteiger partial charge in [-0.2, -0.15) is 0 Å². The Bertz CT molecular complexity index is 543. The van der Waals surface area contributed by atoms with Crippen molar-refractivity contribution in [1.82, 2.24) is 0 Å². The molecule has 0 aromatic carbocycles. The SMILES string of the molecule is COC(=O)C[C@H](C)CC[C@]1(C)C2=C(CC[C@@H]1C)C(C)(C)C(=O)CC2. The Morgan fingerprint density at radius 1 is 1.21 bits per heavy atom. The number of esters is 1. The highest BCUT2D eigenvalue weighted by molar-refractivity contribution is 5.89. The minimum Gasteiger partial charge on any atom is -0.469 e. The van der Waals surface area contributed by atoms with Gasteiger partial charge in [-0.3, -0.25) is 9.59 Å². The second-order valence-corrected chi connectivity index (χ2v) is 8.79. The maximum atomic E-state index is 12.4. The standard InChI is InChI=1S/C21H34O3/c1-14(13-19(23)24-6)11-12-21(5)15(2)7-8-16-17(21)9-10-18(22)20(16,3)4/h14-15H,7-13H2,1-6H3/t14-,15+,21+/m1/s1. The summed E-state index contributed by atoms with van der Waals surface area (Å²) in [6.45, 7) is 11.1. The summed E-state index contributed by atoms with van der Waals surface area (Å²) in [5.74, 6) is 1.25. The van der Waals surface area contributed by atoms with E-state index in [1.807, 2.05) is 0 Å². The zero-order valence-electron chi connectivity index (χ0n) is 16.3. The lowest BCUT2D eigenvalue weighted by Gasteiger charge is -2.49. The Balaban J connectivity index is 2.21. The van der Waals surface area contributed by atoms with E-state index in [1.165, 1.54) is 12.7 Å². The van der Waals surface area contributed by atoms with Gasteiger partial charge in [0.25, 0.3) is 0 Å². The van der Waals surface area contributed by atoms with Crippen LogP contribution < -0.4 is 0 Å². The molecule has 0 fully saturated rings. The molecule has 2 aliphatic carbocycles. The first-order valence-corrected chi connectivity index (χ1v) is 9.46. The zero-order valence-corrected chi connectivity index (χ0v) is 16.3. The van der Waals surface area contributed by atoms with E-state index in [0.29, 0.717) is 30.5 Å². The number of rotatable bonds is 5. The molecule has 0 saturated heterocycles. The summed E-state index contributed by atoms with van der Waals surface area (Å²) >= 11 is 0. The molecule has 2 aliphatic rings. The first-order valence-electron chi connectivity index (χ1n) is 9.46. The van der Waals surface area contributed by atoms with Crippen LogP contribution in [-0.2, 0) is 14.3 Å². The molecule has 0 aromatic heterocycles. The van der Waals surface area contributed by atoms with Crippen LogP contribution in [0.25, 0.3) is 0 Å². The summed E-state index contributed by atoms with van der Waals surface area (Å²) in [5, 5.41) is 0. The van der Waals surface area contributed by atoms with Crippen molar-refractivity contribution in [3.63, 3.8) is 0 Å². The van der Waals surface area contributed by atoms with Gasteiger partial charge in [0.15, 0.2) is 0 Å². The largest absolute Gasteiger partial charge is 0.469 e. The van der Waals surface area contributed by atoms with Crippen molar-refractivity contribution in [1.29, 1.82) is 0 Å². The van der Waals surface area contributed by atoms with Gasteiger partial charge < -0.3 is 4.74 Å². The topological polar surface area (TPSA) is 43.4 Å². The number of Topliss-reactive ketones (excluding diaryl/α,β-unsaturated/α-hetero) is 1. The molecule has 0 N–H and O–H groups in total. The minimum atomic E-state index is -0.285. The number of ketones is 1. The first-order chi connectivity index (χ1) is 11.1. The number of carbonyl (C=O) groups excluding carboxylic acids is 2. The fourth-order valence-corrected chi connectivity index (χ4v) is 4.73. The van der Waals surface area contributed by atoms with Gasteiger partial charge in [0.2, 0.25) is 0 Å². The summed E-state index contributed by atoms with van der Waals surface area (Å²) in [5.41, 5.74) is 2.85. The molecule has 24 heavy (non-hydrogen) atoms. The maximum Gasteiger partial charge on any atom is 0.305 e. The third kappa shape index (κ3) is 3.45. The lowest BCUT2D eigenvalue weighted by atomic mass is 9.55. The van der Waals surface area contributed by atoms with Crippen LogP contribution >= 0.6 is 0 Å². The number of hydrogen-bond acceptors (Lipinski definition) is 3. The van der Waals surface area contributed by atoms with E-state index in [9.17, 15) is 9.59 Å². The summed E-state index contributed by atoms with van der Waals surface area (Å²) in [6, 6.07) is 0. The Labute approximate surface area is 147 Å². The summed E-state index contributed by atoms with van der Waals surface area (Å²) in [6.07, 6.45) is 6.48. The monoisotopic (exact) mass is 334 g/mol. The average Bonchev–Trinajstić information content (AvgIpc) is 2.52. The normalized spacial score (nSPS) is 30.8. The van der Waals surface area contributed by atoms with Crippen molar-refractivity contribution in [2.45, 2.75) is 79.6 Å². The van der Waals surface area contributed by atoms with Gasteiger partial charge in [-0.25, -0.2) is 0 Å². The third-order valence-electron chi connectivity index (χ3n) is 6.92. The second-order valence-electron chi connectivity index (χ2n) is 8.79. The molecule has 0 radical (unpaired) electrons. The van der Waals surface area contributed by atoms with Crippen LogP contribution in [0.15, 0.2) is 11.1 Å². The molecule has 0 aliphatic heterocycles. The average molecular weight is 335 g/mol. The lowest BCUT2D eigenvalue weighted by molar-refractivity contribution is -0.141. The Hall–Kier alpha value is -1.12. The van der Waals surface area contributed by atoms with Gasteiger partial charge >= 0.3 is 5.97 Å². The molecule has 0 heterocycles. The number of allylic oxidation sites excluding steroid dienone is 2. The van der Waals surface area contributed by atoms with Crippen LogP contribution in [0.1, 0.15) is 79.6 Å². The van der Waals surface area contributed by atoms with Crippen LogP contribution in [0.4, 0.5) is 0 Å². The van der Waals surface area contributed by atoms with Crippen molar-refractivity contribution < 1.29 is 14.3 Å². The lowest BCUT2D eigenvalue weighted by Crippen LogP contribution is -2.41.